The number of nitrogens with zero attached hydrogens (tertiary/aromatic N) is 1. The van der Waals surface area contributed by atoms with Gasteiger partial charge in [0.15, 0.2) is 0 Å². The smallest absolute Gasteiger partial charge is 0.321 e. The summed E-state index contributed by atoms with van der Waals surface area (Å²) in [7, 11) is 0. The highest BCUT2D eigenvalue weighted by atomic mass is 35.5. The Labute approximate surface area is 154 Å². The lowest BCUT2D eigenvalue weighted by Crippen LogP contribution is -2.63. The monoisotopic (exact) mass is 417 g/mol. The van der Waals surface area contributed by atoms with Crippen molar-refractivity contribution in [3.05, 3.63) is 34.9 Å². The zero-order valence-corrected chi connectivity index (χ0v) is 14.8. The molecule has 0 N–H and O–H groups in total. The van der Waals surface area contributed by atoms with E-state index in [4.69, 9.17) is 16.3 Å². The summed E-state index contributed by atoms with van der Waals surface area (Å²) in [5.41, 5.74) is -4.43. The standard InChI is InChI=1S/C16H14ClF6NOS/c17-11-6-4-10(5-7-11)12-24-14(15(18,19)20,16(21,22)23)25-13(26-12)8-2-1-3-9-13/h4-7H,1-3,8-9H2. The molecule has 26 heavy (non-hydrogen) atoms. The van der Waals surface area contributed by atoms with Crippen molar-refractivity contribution in [1.82, 2.24) is 0 Å². The lowest BCUT2D eigenvalue weighted by Gasteiger charge is -2.47. The second kappa shape index (κ2) is 6.60. The maximum absolute atomic E-state index is 13.6. The van der Waals surface area contributed by atoms with Crippen molar-refractivity contribution in [1.29, 1.82) is 0 Å². The van der Waals surface area contributed by atoms with E-state index in [0.29, 0.717) is 17.9 Å². The largest absolute Gasteiger partial charge is 0.448 e. The van der Waals surface area contributed by atoms with Crippen LogP contribution >= 0.6 is 23.4 Å². The Balaban J connectivity index is 2.17. The predicted molar refractivity (Wildman–Crippen MR) is 87.3 cm³/mol. The number of halogens is 7. The fourth-order valence-electron chi connectivity index (χ4n) is 3.07. The molecule has 10 heteroatoms. The molecule has 0 aromatic heterocycles. The first-order valence-corrected chi connectivity index (χ1v) is 9.06. The molecular weight excluding hydrogens is 404 g/mol. The summed E-state index contributed by atoms with van der Waals surface area (Å²) in [6.07, 6.45) is -9.57. The van der Waals surface area contributed by atoms with Gasteiger partial charge in [0.2, 0.25) is 0 Å². The van der Waals surface area contributed by atoms with Crippen molar-refractivity contribution in [3.63, 3.8) is 0 Å². The van der Waals surface area contributed by atoms with E-state index in [1.54, 1.807) is 0 Å². The van der Waals surface area contributed by atoms with Crippen molar-refractivity contribution >= 4 is 28.4 Å². The Hall–Kier alpha value is -0.930. The van der Waals surface area contributed by atoms with Gasteiger partial charge in [-0.15, -0.1) is 0 Å². The van der Waals surface area contributed by atoms with Gasteiger partial charge in [-0.3, -0.25) is 0 Å². The number of thioether (sulfide) groups is 1. The molecular formula is C16H14ClF6NOS. The highest BCUT2D eigenvalue weighted by Gasteiger charge is 2.76. The molecule has 1 aliphatic heterocycles. The highest BCUT2D eigenvalue weighted by molar-refractivity contribution is 8.15. The minimum atomic E-state index is -5.74. The van der Waals surface area contributed by atoms with Crippen molar-refractivity contribution in [2.45, 2.75) is 55.1 Å². The molecule has 1 aliphatic carbocycles. The number of alkyl halides is 6. The molecule has 1 spiro atoms. The Morgan fingerprint density at radius 1 is 0.923 bits per heavy atom. The first kappa shape index (κ1) is 19.8. The van der Waals surface area contributed by atoms with Crippen LogP contribution in [0.4, 0.5) is 26.3 Å². The van der Waals surface area contributed by atoms with Gasteiger partial charge in [0.25, 0.3) is 0 Å². The molecule has 2 aliphatic rings. The summed E-state index contributed by atoms with van der Waals surface area (Å²) in [6, 6.07) is 5.50. The van der Waals surface area contributed by atoms with E-state index in [2.05, 4.69) is 4.99 Å². The average molecular weight is 418 g/mol. The first-order valence-electron chi connectivity index (χ1n) is 7.87. The van der Waals surface area contributed by atoms with E-state index in [1.807, 2.05) is 0 Å². The van der Waals surface area contributed by atoms with E-state index in [9.17, 15) is 26.3 Å². The molecule has 0 atom stereocenters. The zero-order valence-electron chi connectivity index (χ0n) is 13.3. The molecule has 3 rings (SSSR count). The van der Waals surface area contributed by atoms with E-state index >= 15 is 0 Å². The summed E-state index contributed by atoms with van der Waals surface area (Å²) in [5, 5.41) is -0.0267. The SMILES string of the molecule is FC(F)(F)C1(C(F)(F)F)N=C(c2ccc(Cl)cc2)SC2(CCCCC2)O1. The second-order valence-corrected chi connectivity index (χ2v) is 8.01. The van der Waals surface area contributed by atoms with Crippen LogP contribution in [0.25, 0.3) is 0 Å². The molecule has 0 unspecified atom stereocenters. The minimum absolute atomic E-state index is 0.0954. The van der Waals surface area contributed by atoms with Gasteiger partial charge in [-0.05, 0) is 37.8 Å². The molecule has 1 saturated carbocycles. The van der Waals surface area contributed by atoms with Crippen molar-refractivity contribution in [3.8, 4) is 0 Å². The van der Waals surface area contributed by atoms with E-state index in [1.165, 1.54) is 24.3 Å². The quantitative estimate of drug-likeness (QED) is 0.498. The van der Waals surface area contributed by atoms with Crippen LogP contribution < -0.4 is 0 Å². The average Bonchev–Trinajstić information content (AvgIpc) is 2.53. The molecule has 1 heterocycles. The lowest BCUT2D eigenvalue weighted by molar-refractivity contribution is -0.393. The first-order chi connectivity index (χ1) is 12.0. The van der Waals surface area contributed by atoms with Gasteiger partial charge in [0.05, 0.1) is 0 Å². The maximum Gasteiger partial charge on any atom is 0.448 e. The molecule has 0 saturated heterocycles. The van der Waals surface area contributed by atoms with E-state index < -0.39 is 23.0 Å². The minimum Gasteiger partial charge on any atom is -0.321 e. The maximum atomic E-state index is 13.6. The topological polar surface area (TPSA) is 21.6 Å². The summed E-state index contributed by atoms with van der Waals surface area (Å²) >= 11 is 6.60. The Bertz CT molecular complexity index is 680. The third-order valence-electron chi connectivity index (χ3n) is 4.35. The van der Waals surface area contributed by atoms with Crippen LogP contribution in [-0.2, 0) is 4.74 Å². The van der Waals surface area contributed by atoms with E-state index in [-0.39, 0.29) is 23.4 Å². The van der Waals surface area contributed by atoms with E-state index in [0.717, 1.165) is 18.2 Å². The fourth-order valence-corrected chi connectivity index (χ4v) is 4.63. The van der Waals surface area contributed by atoms with Gasteiger partial charge in [-0.1, -0.05) is 41.9 Å². The van der Waals surface area contributed by atoms with Gasteiger partial charge in [0, 0.05) is 10.6 Å². The van der Waals surface area contributed by atoms with Gasteiger partial charge < -0.3 is 4.74 Å². The number of ether oxygens (including phenoxy) is 1. The number of hydrogen-bond acceptors (Lipinski definition) is 3. The summed E-state index contributed by atoms with van der Waals surface area (Å²) in [5.74, 6) is 0. The number of aliphatic imine (C=N–C) groups is 1. The lowest BCUT2D eigenvalue weighted by atomic mass is 9.96. The van der Waals surface area contributed by atoms with Crippen LogP contribution in [0.15, 0.2) is 29.3 Å². The second-order valence-electron chi connectivity index (χ2n) is 6.24. The molecule has 144 valence electrons. The zero-order chi connectivity index (χ0) is 19.2. The Morgan fingerprint density at radius 3 is 1.96 bits per heavy atom. The summed E-state index contributed by atoms with van der Waals surface area (Å²) in [4.78, 5) is 1.46. The number of hydrogen-bond donors (Lipinski definition) is 0. The molecule has 0 amide bonds. The van der Waals surface area contributed by atoms with Gasteiger partial charge in [-0.25, -0.2) is 4.99 Å². The van der Waals surface area contributed by atoms with Crippen LogP contribution in [0.3, 0.4) is 0 Å². The summed E-state index contributed by atoms with van der Waals surface area (Å²) < 4.78 is 86.4. The van der Waals surface area contributed by atoms with Crippen LogP contribution in [0.5, 0.6) is 0 Å². The number of benzene rings is 1. The van der Waals surface area contributed by atoms with Crippen LogP contribution in [0.2, 0.25) is 5.02 Å². The Kier molecular flexibility index (Phi) is 5.03. The molecule has 1 aromatic carbocycles. The van der Waals surface area contributed by atoms with Crippen LogP contribution in [-0.4, -0.2) is 28.1 Å². The Morgan fingerprint density at radius 2 is 1.46 bits per heavy atom. The molecule has 0 bridgehead atoms. The summed E-state index contributed by atoms with van der Waals surface area (Å²) in [6.45, 7) is 0. The van der Waals surface area contributed by atoms with Crippen molar-refractivity contribution in [2.24, 2.45) is 4.99 Å². The van der Waals surface area contributed by atoms with Gasteiger partial charge >= 0.3 is 18.1 Å². The molecule has 2 nitrogen and oxygen atoms in total. The molecule has 0 radical (unpaired) electrons. The van der Waals surface area contributed by atoms with Crippen molar-refractivity contribution < 1.29 is 31.1 Å². The van der Waals surface area contributed by atoms with Gasteiger partial charge in [0.1, 0.15) is 9.98 Å². The van der Waals surface area contributed by atoms with Gasteiger partial charge in [-0.2, -0.15) is 26.3 Å². The highest BCUT2D eigenvalue weighted by Crippen LogP contribution is 2.57. The fraction of sp³-hybridized carbons (Fsp3) is 0.562. The molecule has 1 fully saturated rings. The normalized spacial score (nSPS) is 23.0. The molecule has 1 aromatic rings. The van der Waals surface area contributed by atoms with Crippen molar-refractivity contribution in [2.75, 3.05) is 0 Å². The third-order valence-corrected chi connectivity index (χ3v) is 5.99. The van der Waals surface area contributed by atoms with Crippen LogP contribution in [0, 0.1) is 0 Å². The van der Waals surface area contributed by atoms with Crippen LogP contribution in [0.1, 0.15) is 37.7 Å². The number of rotatable bonds is 1. The third kappa shape index (κ3) is 3.45. The predicted octanol–water partition coefficient (Wildman–Crippen LogP) is 6.33.